The molecule has 1 heterocycles. The van der Waals surface area contributed by atoms with Crippen LogP contribution >= 0.6 is 0 Å². The summed E-state index contributed by atoms with van der Waals surface area (Å²) in [5.74, 6) is 0.681. The van der Waals surface area contributed by atoms with E-state index in [0.717, 1.165) is 22.0 Å². The Balaban J connectivity index is 1.70. The van der Waals surface area contributed by atoms with Crippen molar-refractivity contribution in [2.75, 3.05) is 12.4 Å². The van der Waals surface area contributed by atoms with Crippen molar-refractivity contribution in [3.63, 3.8) is 0 Å². The molecule has 0 spiro atoms. The lowest BCUT2D eigenvalue weighted by Crippen LogP contribution is -2.12. The number of methoxy groups -OCH3 is 1. The van der Waals surface area contributed by atoms with Gasteiger partial charge >= 0.3 is 0 Å². The Hall–Kier alpha value is -3.47. The molecule has 25 heavy (non-hydrogen) atoms. The second kappa shape index (κ2) is 5.87. The van der Waals surface area contributed by atoms with Crippen molar-refractivity contribution in [3.8, 4) is 11.5 Å². The summed E-state index contributed by atoms with van der Waals surface area (Å²) in [4.78, 5) is 15.7. The van der Waals surface area contributed by atoms with Gasteiger partial charge in [-0.25, -0.2) is 0 Å². The molecule has 0 aliphatic rings. The number of nitrogens with one attached hydrogen (secondary N) is 2. The Morgan fingerprint density at radius 3 is 2.68 bits per heavy atom. The van der Waals surface area contributed by atoms with Crippen molar-refractivity contribution in [3.05, 3.63) is 66.4 Å². The third-order valence-corrected chi connectivity index (χ3v) is 4.22. The molecular weight excluding hydrogens is 316 g/mol. The molecule has 0 unspecified atom stereocenters. The zero-order valence-corrected chi connectivity index (χ0v) is 13.5. The summed E-state index contributed by atoms with van der Waals surface area (Å²) in [5.41, 5.74) is 1.97. The van der Waals surface area contributed by atoms with E-state index >= 15 is 0 Å². The number of hydrogen-bond donors (Lipinski definition) is 3. The molecule has 0 fully saturated rings. The molecule has 3 aromatic carbocycles. The summed E-state index contributed by atoms with van der Waals surface area (Å²) >= 11 is 0. The number of rotatable bonds is 3. The number of ether oxygens (including phenoxy) is 1. The fourth-order valence-corrected chi connectivity index (χ4v) is 2.95. The molecule has 5 nitrogen and oxygen atoms in total. The number of phenolic OH excluding ortho intramolecular Hbond substituents is 1. The quantitative estimate of drug-likeness (QED) is 0.524. The van der Waals surface area contributed by atoms with Gasteiger partial charge in [-0.15, -0.1) is 0 Å². The summed E-state index contributed by atoms with van der Waals surface area (Å²) in [6.45, 7) is 0. The lowest BCUT2D eigenvalue weighted by Gasteiger charge is -2.08. The van der Waals surface area contributed by atoms with Crippen molar-refractivity contribution < 1.29 is 14.6 Å². The molecule has 0 aliphatic carbocycles. The lowest BCUT2D eigenvalue weighted by atomic mass is 10.1. The minimum atomic E-state index is -0.244. The summed E-state index contributed by atoms with van der Waals surface area (Å²) in [6, 6.07) is 18.0. The number of carbonyl (C=O) groups excluding carboxylic acids is 1. The summed E-state index contributed by atoms with van der Waals surface area (Å²) in [6.07, 6.45) is 0. The first kappa shape index (κ1) is 15.1. The van der Waals surface area contributed by atoms with Gasteiger partial charge in [0.1, 0.15) is 17.2 Å². The van der Waals surface area contributed by atoms with E-state index in [1.54, 1.807) is 31.4 Å². The third kappa shape index (κ3) is 2.65. The molecule has 4 rings (SSSR count). The molecule has 1 amide bonds. The summed E-state index contributed by atoms with van der Waals surface area (Å²) < 4.78 is 5.21. The van der Waals surface area contributed by atoms with Crippen LogP contribution in [0.2, 0.25) is 0 Å². The van der Waals surface area contributed by atoms with Gasteiger partial charge in [-0.3, -0.25) is 4.79 Å². The average Bonchev–Trinajstić information content (AvgIpc) is 3.06. The van der Waals surface area contributed by atoms with E-state index in [-0.39, 0.29) is 11.7 Å². The van der Waals surface area contributed by atoms with Crippen LogP contribution in [0.3, 0.4) is 0 Å². The third-order valence-electron chi connectivity index (χ3n) is 4.22. The first-order chi connectivity index (χ1) is 12.2. The molecule has 3 N–H and O–H groups in total. The Labute approximate surface area is 143 Å². The number of aromatic hydroxyl groups is 1. The maximum Gasteiger partial charge on any atom is 0.272 e. The Kier molecular flexibility index (Phi) is 3.54. The number of aromatic amines is 1. The molecule has 5 heteroatoms. The van der Waals surface area contributed by atoms with E-state index in [1.165, 1.54) is 0 Å². The Morgan fingerprint density at radius 1 is 1.04 bits per heavy atom. The van der Waals surface area contributed by atoms with Crippen LogP contribution in [0.15, 0.2) is 60.7 Å². The van der Waals surface area contributed by atoms with E-state index in [2.05, 4.69) is 10.3 Å². The van der Waals surface area contributed by atoms with Crippen molar-refractivity contribution in [1.29, 1.82) is 0 Å². The number of carbonyl (C=O) groups is 1. The number of hydrogen-bond acceptors (Lipinski definition) is 3. The average molecular weight is 332 g/mol. The highest BCUT2D eigenvalue weighted by Crippen LogP contribution is 2.30. The van der Waals surface area contributed by atoms with Crippen LogP contribution in [0.1, 0.15) is 10.5 Å². The highest BCUT2D eigenvalue weighted by atomic mass is 16.5. The minimum Gasteiger partial charge on any atom is -0.507 e. The van der Waals surface area contributed by atoms with E-state index in [0.29, 0.717) is 16.8 Å². The summed E-state index contributed by atoms with van der Waals surface area (Å²) in [7, 11) is 1.61. The molecule has 0 saturated carbocycles. The number of amides is 1. The maximum absolute atomic E-state index is 12.6. The van der Waals surface area contributed by atoms with E-state index < -0.39 is 0 Å². The Morgan fingerprint density at radius 2 is 1.84 bits per heavy atom. The van der Waals surface area contributed by atoms with Crippen LogP contribution in [0.4, 0.5) is 5.69 Å². The lowest BCUT2D eigenvalue weighted by molar-refractivity contribution is 0.102. The number of anilines is 1. The summed E-state index contributed by atoms with van der Waals surface area (Å²) in [5, 5.41) is 15.3. The molecule has 0 saturated heterocycles. The van der Waals surface area contributed by atoms with Crippen LogP contribution in [-0.4, -0.2) is 23.1 Å². The second-order valence-corrected chi connectivity index (χ2v) is 5.77. The number of fused-ring (bicyclic) bond motifs is 2. The molecule has 0 radical (unpaired) electrons. The van der Waals surface area contributed by atoms with Gasteiger partial charge in [0.2, 0.25) is 0 Å². The van der Waals surface area contributed by atoms with Gasteiger partial charge < -0.3 is 20.1 Å². The van der Waals surface area contributed by atoms with E-state index in [4.69, 9.17) is 4.74 Å². The number of H-pyrrole nitrogens is 1. The smallest absolute Gasteiger partial charge is 0.272 e. The van der Waals surface area contributed by atoms with Crippen LogP contribution in [0, 0.1) is 0 Å². The van der Waals surface area contributed by atoms with Crippen LogP contribution in [0.25, 0.3) is 21.7 Å². The van der Waals surface area contributed by atoms with Gasteiger partial charge in [-0.05, 0) is 36.4 Å². The van der Waals surface area contributed by atoms with Gasteiger partial charge in [-0.1, -0.05) is 24.3 Å². The van der Waals surface area contributed by atoms with Crippen molar-refractivity contribution in [2.45, 2.75) is 0 Å². The molecule has 0 atom stereocenters. The van der Waals surface area contributed by atoms with Crippen LogP contribution in [0.5, 0.6) is 11.5 Å². The standard InChI is InChI=1S/C20H16N2O3/c1-25-13-8-9-16-12(10-13)11-18(21-16)20(24)22-17-6-2-5-15-14(17)4-3-7-19(15)23/h2-11,21,23H,1H3,(H,22,24). The molecule has 4 aromatic rings. The topological polar surface area (TPSA) is 74.4 Å². The van der Waals surface area contributed by atoms with Crippen molar-refractivity contribution >= 4 is 33.3 Å². The van der Waals surface area contributed by atoms with Crippen molar-refractivity contribution in [1.82, 2.24) is 4.98 Å². The normalized spacial score (nSPS) is 10.9. The predicted molar refractivity (Wildman–Crippen MR) is 98.4 cm³/mol. The van der Waals surface area contributed by atoms with Crippen LogP contribution in [-0.2, 0) is 0 Å². The van der Waals surface area contributed by atoms with Gasteiger partial charge in [0.25, 0.3) is 5.91 Å². The van der Waals surface area contributed by atoms with Crippen molar-refractivity contribution in [2.24, 2.45) is 0 Å². The SMILES string of the molecule is COc1ccc2[nH]c(C(=O)Nc3cccc4c(O)cccc34)cc2c1. The number of aromatic nitrogens is 1. The second-order valence-electron chi connectivity index (χ2n) is 5.77. The monoisotopic (exact) mass is 332 g/mol. The van der Waals surface area contributed by atoms with Gasteiger partial charge in [0.05, 0.1) is 7.11 Å². The molecular formula is C20H16N2O3. The molecule has 0 bridgehead atoms. The van der Waals surface area contributed by atoms with Gasteiger partial charge in [0.15, 0.2) is 0 Å². The maximum atomic E-state index is 12.6. The van der Waals surface area contributed by atoms with E-state index in [9.17, 15) is 9.90 Å². The highest BCUT2D eigenvalue weighted by Gasteiger charge is 2.12. The zero-order valence-electron chi connectivity index (χ0n) is 13.5. The fourth-order valence-electron chi connectivity index (χ4n) is 2.95. The van der Waals surface area contributed by atoms with Crippen LogP contribution < -0.4 is 10.1 Å². The zero-order chi connectivity index (χ0) is 17.4. The number of phenols is 1. The molecule has 124 valence electrons. The predicted octanol–water partition coefficient (Wildman–Crippen LogP) is 4.29. The van der Waals surface area contributed by atoms with Gasteiger partial charge in [0, 0.05) is 27.4 Å². The number of benzene rings is 3. The fraction of sp³-hybridized carbons (Fsp3) is 0.0500. The first-order valence-electron chi connectivity index (χ1n) is 7.84. The molecule has 0 aliphatic heterocycles. The largest absolute Gasteiger partial charge is 0.507 e. The van der Waals surface area contributed by atoms with E-state index in [1.807, 2.05) is 36.4 Å². The molecule has 1 aromatic heterocycles. The first-order valence-corrected chi connectivity index (χ1v) is 7.84. The highest BCUT2D eigenvalue weighted by molar-refractivity contribution is 6.10. The minimum absolute atomic E-state index is 0.186. The van der Waals surface area contributed by atoms with Gasteiger partial charge in [-0.2, -0.15) is 0 Å². The Bertz CT molecular complexity index is 1100.